The second-order valence-electron chi connectivity index (χ2n) is 7.65. The number of nitrogens with zero attached hydrogens (tertiary/aromatic N) is 3. The molecule has 0 bridgehead atoms. The molecule has 0 radical (unpaired) electrons. The van der Waals surface area contributed by atoms with E-state index in [2.05, 4.69) is 15.4 Å². The first-order valence-electron chi connectivity index (χ1n) is 9.37. The normalized spacial score (nSPS) is 24.2. The molecule has 134 valence electrons. The van der Waals surface area contributed by atoms with E-state index in [0.29, 0.717) is 6.42 Å². The molecule has 1 N–H and O–H groups in total. The lowest BCUT2D eigenvalue weighted by Gasteiger charge is -2.45. The van der Waals surface area contributed by atoms with Crippen molar-refractivity contribution in [3.8, 4) is 0 Å². The van der Waals surface area contributed by atoms with E-state index in [-0.39, 0.29) is 17.2 Å². The van der Waals surface area contributed by atoms with Crippen molar-refractivity contribution in [2.75, 3.05) is 5.32 Å². The van der Waals surface area contributed by atoms with Gasteiger partial charge in [0.1, 0.15) is 6.33 Å². The Hall–Kier alpha value is -2.14. The van der Waals surface area contributed by atoms with Crippen LogP contribution in [0.15, 0.2) is 41.9 Å². The molecule has 1 aromatic heterocycles. The molecule has 1 aromatic carbocycles. The highest BCUT2D eigenvalue weighted by Crippen LogP contribution is 2.50. The van der Waals surface area contributed by atoms with E-state index in [4.69, 9.17) is 11.6 Å². The molecular weight excluding hydrogens is 348 g/mol. The summed E-state index contributed by atoms with van der Waals surface area (Å²) in [5.74, 6) is 1.21. The minimum Gasteiger partial charge on any atom is -0.328 e. The van der Waals surface area contributed by atoms with Crippen molar-refractivity contribution < 1.29 is 4.79 Å². The molecule has 1 aliphatic heterocycles. The molecule has 1 spiro atoms. The van der Waals surface area contributed by atoms with Gasteiger partial charge in [0.25, 0.3) is 0 Å². The number of halogens is 1. The molecule has 2 aliphatic carbocycles. The van der Waals surface area contributed by atoms with E-state index < -0.39 is 0 Å². The molecule has 0 saturated heterocycles. The fraction of sp³-hybridized carbons (Fsp3) is 0.450. The smallest absolute Gasteiger partial charge is 0.226 e. The summed E-state index contributed by atoms with van der Waals surface area (Å²) in [5.41, 5.74) is 2.87. The van der Waals surface area contributed by atoms with Crippen LogP contribution in [0.3, 0.4) is 0 Å². The first kappa shape index (κ1) is 16.1. The number of nitrogens with one attached hydrogen (secondary N) is 1. The van der Waals surface area contributed by atoms with Gasteiger partial charge >= 0.3 is 0 Å². The highest BCUT2D eigenvalue weighted by atomic mass is 35.5. The second-order valence-corrected chi connectivity index (χ2v) is 8.08. The number of aromatic nitrogens is 3. The van der Waals surface area contributed by atoms with Gasteiger partial charge in [-0.25, -0.2) is 4.68 Å². The van der Waals surface area contributed by atoms with Gasteiger partial charge in [-0.3, -0.25) is 4.79 Å². The number of carbonyl (C=O) groups excluding carboxylic acids is 1. The molecule has 0 amide bonds. The van der Waals surface area contributed by atoms with E-state index in [1.54, 1.807) is 6.33 Å². The molecular formula is C20H21ClN4O. The van der Waals surface area contributed by atoms with E-state index in [9.17, 15) is 4.79 Å². The average molecular weight is 369 g/mol. The largest absolute Gasteiger partial charge is 0.328 e. The Kier molecular flexibility index (Phi) is 3.67. The minimum absolute atomic E-state index is 0.182. The maximum atomic E-state index is 13.3. The minimum atomic E-state index is -0.299. The Morgan fingerprint density at radius 1 is 1.12 bits per heavy atom. The Balaban J connectivity index is 1.58. The molecule has 1 fully saturated rings. The van der Waals surface area contributed by atoms with Crippen LogP contribution in [0, 0.1) is 0 Å². The molecule has 1 saturated carbocycles. The van der Waals surface area contributed by atoms with E-state index >= 15 is 0 Å². The van der Waals surface area contributed by atoms with Gasteiger partial charge < -0.3 is 5.32 Å². The Morgan fingerprint density at radius 3 is 2.65 bits per heavy atom. The monoisotopic (exact) mass is 368 g/mol. The highest BCUT2D eigenvalue weighted by Gasteiger charge is 2.49. The summed E-state index contributed by atoms with van der Waals surface area (Å²) in [5, 5.41) is 8.63. The predicted molar refractivity (Wildman–Crippen MR) is 100 cm³/mol. The fourth-order valence-electron chi connectivity index (χ4n) is 5.02. The lowest BCUT2D eigenvalue weighted by Crippen LogP contribution is -2.47. The van der Waals surface area contributed by atoms with Crippen LogP contribution in [0.2, 0.25) is 5.02 Å². The first-order chi connectivity index (χ1) is 12.7. The van der Waals surface area contributed by atoms with Crippen LogP contribution in [-0.2, 0) is 10.3 Å². The quantitative estimate of drug-likeness (QED) is 0.809. The summed E-state index contributed by atoms with van der Waals surface area (Å²) in [6.45, 7) is 0. The Bertz CT molecular complexity index is 893. The Labute approximate surface area is 157 Å². The molecule has 3 aliphatic rings. The van der Waals surface area contributed by atoms with Gasteiger partial charge in [0.2, 0.25) is 5.95 Å². The van der Waals surface area contributed by atoms with E-state index in [0.717, 1.165) is 54.3 Å². The zero-order valence-corrected chi connectivity index (χ0v) is 15.3. The molecule has 6 heteroatoms. The molecule has 1 atom stereocenters. The lowest BCUT2D eigenvalue weighted by atomic mass is 9.68. The zero-order valence-electron chi connectivity index (χ0n) is 14.5. The highest BCUT2D eigenvalue weighted by molar-refractivity contribution is 6.30. The standard InChI is InChI=1S/C20H21ClN4O/c21-15-6-4-13(5-7-15)14-10-16-18(17(26)11-14)20(8-2-1-3-9-20)25-19(24-16)22-12-23-25/h4-7,12,14H,1-3,8-11H2,(H,22,23,24)/t14-/m1/s1. The van der Waals surface area contributed by atoms with Gasteiger partial charge in [-0.15, -0.1) is 0 Å². The third kappa shape index (κ3) is 2.33. The maximum absolute atomic E-state index is 13.3. The first-order valence-corrected chi connectivity index (χ1v) is 9.75. The van der Waals surface area contributed by atoms with E-state index in [1.807, 2.05) is 28.9 Å². The number of carbonyl (C=O) groups is 1. The van der Waals surface area contributed by atoms with Crippen molar-refractivity contribution in [3.63, 3.8) is 0 Å². The van der Waals surface area contributed by atoms with Gasteiger partial charge in [-0.2, -0.15) is 10.1 Å². The number of ketones is 1. The van der Waals surface area contributed by atoms with Crippen molar-refractivity contribution in [1.29, 1.82) is 0 Å². The Morgan fingerprint density at radius 2 is 1.88 bits per heavy atom. The molecule has 26 heavy (non-hydrogen) atoms. The number of benzene rings is 1. The summed E-state index contributed by atoms with van der Waals surface area (Å²) >= 11 is 6.02. The van der Waals surface area contributed by atoms with E-state index in [1.165, 1.54) is 12.0 Å². The third-order valence-electron chi connectivity index (χ3n) is 6.17. The summed E-state index contributed by atoms with van der Waals surface area (Å²) in [6.07, 6.45) is 8.41. The zero-order chi connectivity index (χ0) is 17.7. The fourth-order valence-corrected chi connectivity index (χ4v) is 5.14. The topological polar surface area (TPSA) is 59.8 Å². The number of allylic oxidation sites excluding steroid dienone is 2. The SMILES string of the molecule is O=C1C[C@H](c2ccc(Cl)cc2)CC2=C1C1(CCCCC1)n1ncnc1N2. The molecule has 0 unspecified atom stereocenters. The number of hydrogen-bond acceptors (Lipinski definition) is 4. The van der Waals surface area contributed by atoms with Crippen LogP contribution in [0.5, 0.6) is 0 Å². The van der Waals surface area contributed by atoms with Crippen molar-refractivity contribution in [2.45, 2.75) is 56.4 Å². The number of Topliss-reactive ketones (excluding diaryl/α,β-unsaturated/α-hetero) is 1. The predicted octanol–water partition coefficient (Wildman–Crippen LogP) is 4.42. The summed E-state index contributed by atoms with van der Waals surface area (Å²) in [7, 11) is 0. The summed E-state index contributed by atoms with van der Waals surface area (Å²) in [4.78, 5) is 17.7. The number of hydrogen-bond donors (Lipinski definition) is 1. The van der Waals surface area contributed by atoms with Gasteiger partial charge in [-0.1, -0.05) is 43.0 Å². The van der Waals surface area contributed by atoms with Crippen LogP contribution in [0.4, 0.5) is 5.95 Å². The van der Waals surface area contributed by atoms with Crippen molar-refractivity contribution in [1.82, 2.24) is 14.8 Å². The molecule has 5 rings (SSSR count). The van der Waals surface area contributed by atoms with Crippen molar-refractivity contribution in [2.24, 2.45) is 0 Å². The molecule has 5 nitrogen and oxygen atoms in total. The van der Waals surface area contributed by atoms with Crippen LogP contribution in [0.1, 0.15) is 56.4 Å². The van der Waals surface area contributed by atoms with Gasteiger partial charge in [0.15, 0.2) is 5.78 Å². The van der Waals surface area contributed by atoms with Crippen molar-refractivity contribution in [3.05, 3.63) is 52.4 Å². The molecule has 2 heterocycles. The van der Waals surface area contributed by atoms with Crippen LogP contribution in [0.25, 0.3) is 0 Å². The third-order valence-corrected chi connectivity index (χ3v) is 6.42. The lowest BCUT2D eigenvalue weighted by molar-refractivity contribution is -0.117. The maximum Gasteiger partial charge on any atom is 0.226 e. The summed E-state index contributed by atoms with van der Waals surface area (Å²) in [6, 6.07) is 7.87. The number of fused-ring (bicyclic) bond motifs is 3. The number of rotatable bonds is 1. The molecule has 2 aromatic rings. The van der Waals surface area contributed by atoms with Crippen LogP contribution in [-0.4, -0.2) is 20.5 Å². The van der Waals surface area contributed by atoms with Gasteiger partial charge in [0.05, 0.1) is 5.54 Å². The average Bonchev–Trinajstić information content (AvgIpc) is 3.12. The number of anilines is 1. The van der Waals surface area contributed by atoms with Crippen LogP contribution >= 0.6 is 11.6 Å². The van der Waals surface area contributed by atoms with Crippen molar-refractivity contribution >= 4 is 23.3 Å². The van der Waals surface area contributed by atoms with Crippen LogP contribution < -0.4 is 5.32 Å². The second kappa shape index (κ2) is 5.95. The van der Waals surface area contributed by atoms with Gasteiger partial charge in [0, 0.05) is 22.7 Å². The summed E-state index contributed by atoms with van der Waals surface area (Å²) < 4.78 is 1.98. The van der Waals surface area contributed by atoms with Gasteiger partial charge in [-0.05, 0) is 42.9 Å².